The summed E-state index contributed by atoms with van der Waals surface area (Å²) < 4.78 is 1.13. The van der Waals surface area contributed by atoms with Gasteiger partial charge in [0.25, 0.3) is 11.5 Å². The summed E-state index contributed by atoms with van der Waals surface area (Å²) in [7, 11) is 0. The van der Waals surface area contributed by atoms with Crippen LogP contribution in [-0.4, -0.2) is 26.8 Å². The highest BCUT2D eigenvalue weighted by molar-refractivity contribution is 6.04. The average molecular weight is 399 g/mol. The van der Waals surface area contributed by atoms with Crippen molar-refractivity contribution in [2.75, 3.05) is 5.32 Å². The van der Waals surface area contributed by atoms with Crippen molar-refractivity contribution in [3.8, 4) is 0 Å². The van der Waals surface area contributed by atoms with E-state index in [4.69, 9.17) is 0 Å². The van der Waals surface area contributed by atoms with Crippen LogP contribution in [0.5, 0.6) is 0 Å². The molecule has 0 aliphatic rings. The number of hydrogen-bond donors (Lipinski definition) is 2. The fourth-order valence-corrected chi connectivity index (χ4v) is 3.16. The summed E-state index contributed by atoms with van der Waals surface area (Å²) in [5.74, 6) is -1.45. The van der Waals surface area contributed by atoms with E-state index in [1.807, 2.05) is 18.2 Å². The predicted octanol–water partition coefficient (Wildman–Crippen LogP) is 3.40. The molecular formula is C23H17N3O4. The summed E-state index contributed by atoms with van der Waals surface area (Å²) in [6.45, 7) is 0.0878. The van der Waals surface area contributed by atoms with Crippen molar-refractivity contribution in [3.05, 3.63) is 106 Å². The van der Waals surface area contributed by atoms with Crippen LogP contribution < -0.4 is 10.9 Å². The molecule has 4 rings (SSSR count). The number of benzene rings is 3. The molecule has 3 aromatic carbocycles. The Balaban J connectivity index is 1.60. The van der Waals surface area contributed by atoms with Gasteiger partial charge in [-0.05, 0) is 35.9 Å². The lowest BCUT2D eigenvalue weighted by atomic mass is 10.1. The molecule has 4 aromatic rings. The van der Waals surface area contributed by atoms with E-state index in [-0.39, 0.29) is 23.7 Å². The molecule has 0 unspecified atom stereocenters. The van der Waals surface area contributed by atoms with E-state index < -0.39 is 5.97 Å². The van der Waals surface area contributed by atoms with E-state index in [1.165, 1.54) is 0 Å². The van der Waals surface area contributed by atoms with Gasteiger partial charge in [-0.25, -0.2) is 9.48 Å². The average Bonchev–Trinajstić information content (AvgIpc) is 2.76. The third kappa shape index (κ3) is 3.81. The second-order valence-electron chi connectivity index (χ2n) is 6.68. The lowest BCUT2D eigenvalue weighted by Crippen LogP contribution is -2.26. The van der Waals surface area contributed by atoms with Crippen LogP contribution in [0.15, 0.2) is 83.7 Å². The molecule has 1 aromatic heterocycles. The van der Waals surface area contributed by atoms with Gasteiger partial charge >= 0.3 is 5.97 Å². The van der Waals surface area contributed by atoms with Crippen molar-refractivity contribution in [2.24, 2.45) is 0 Å². The van der Waals surface area contributed by atoms with Crippen LogP contribution in [0.3, 0.4) is 0 Å². The molecule has 0 fully saturated rings. The summed E-state index contributed by atoms with van der Waals surface area (Å²) in [4.78, 5) is 36.7. The molecule has 148 valence electrons. The first-order valence-corrected chi connectivity index (χ1v) is 9.21. The van der Waals surface area contributed by atoms with Crippen LogP contribution in [0.25, 0.3) is 10.8 Å². The zero-order chi connectivity index (χ0) is 21.1. The summed E-state index contributed by atoms with van der Waals surface area (Å²) in [5, 5.41) is 16.9. The van der Waals surface area contributed by atoms with Crippen LogP contribution in [-0.2, 0) is 6.54 Å². The fourth-order valence-electron chi connectivity index (χ4n) is 3.16. The third-order valence-electron chi connectivity index (χ3n) is 4.65. The molecule has 0 atom stereocenters. The maximum Gasteiger partial charge on any atom is 0.357 e. The van der Waals surface area contributed by atoms with Crippen molar-refractivity contribution in [1.82, 2.24) is 9.78 Å². The van der Waals surface area contributed by atoms with Crippen molar-refractivity contribution >= 4 is 28.3 Å². The van der Waals surface area contributed by atoms with Gasteiger partial charge in [0.05, 0.1) is 11.9 Å². The number of fused-ring (bicyclic) bond motifs is 1. The molecule has 0 saturated carbocycles. The number of carboxylic acids is 1. The van der Waals surface area contributed by atoms with Crippen molar-refractivity contribution < 1.29 is 14.7 Å². The standard InChI is InChI=1S/C23H17N3O4/c27-21(24-17-6-2-1-3-7-17)16-12-10-15(11-13-16)14-26-22(28)19-9-5-4-8-18(19)20(25-26)23(29)30/h1-13H,14H2,(H,24,27)(H,29,30). The Labute approximate surface area is 171 Å². The molecule has 0 aliphatic heterocycles. The van der Waals surface area contributed by atoms with Crippen molar-refractivity contribution in [3.63, 3.8) is 0 Å². The Bertz CT molecular complexity index is 1300. The first-order chi connectivity index (χ1) is 14.5. The number of aromatic nitrogens is 2. The van der Waals surface area contributed by atoms with Gasteiger partial charge in [-0.3, -0.25) is 9.59 Å². The van der Waals surface area contributed by atoms with Crippen molar-refractivity contribution in [1.29, 1.82) is 0 Å². The number of rotatable bonds is 5. The predicted molar refractivity (Wildman–Crippen MR) is 113 cm³/mol. The summed E-state index contributed by atoms with van der Waals surface area (Å²) in [6, 6.07) is 22.3. The van der Waals surface area contributed by atoms with E-state index in [0.717, 1.165) is 4.68 Å². The maximum atomic E-state index is 12.7. The quantitative estimate of drug-likeness (QED) is 0.536. The van der Waals surface area contributed by atoms with Gasteiger partial charge in [-0.2, -0.15) is 5.10 Å². The molecule has 0 spiro atoms. The number of para-hydroxylation sites is 1. The normalized spacial score (nSPS) is 10.7. The number of hydrogen-bond acceptors (Lipinski definition) is 4. The lowest BCUT2D eigenvalue weighted by molar-refractivity contribution is 0.0690. The molecule has 7 nitrogen and oxygen atoms in total. The zero-order valence-electron chi connectivity index (χ0n) is 15.8. The fraction of sp³-hybridized carbons (Fsp3) is 0.0435. The number of carbonyl (C=O) groups is 2. The SMILES string of the molecule is O=C(Nc1ccccc1)c1ccc(Cn2nc(C(=O)O)c3ccccc3c2=O)cc1. The maximum absolute atomic E-state index is 12.7. The minimum atomic E-state index is -1.20. The van der Waals surface area contributed by atoms with E-state index >= 15 is 0 Å². The molecule has 1 heterocycles. The summed E-state index contributed by atoms with van der Waals surface area (Å²) in [6.07, 6.45) is 0. The second kappa shape index (κ2) is 8.00. The highest BCUT2D eigenvalue weighted by Crippen LogP contribution is 2.14. The number of nitrogens with one attached hydrogen (secondary N) is 1. The summed E-state index contributed by atoms with van der Waals surface area (Å²) in [5.41, 5.74) is 1.32. The van der Waals surface area contributed by atoms with Gasteiger partial charge in [0.2, 0.25) is 0 Å². The smallest absolute Gasteiger partial charge is 0.357 e. The number of aromatic carboxylic acids is 1. The molecule has 0 bridgehead atoms. The van der Waals surface area contributed by atoms with Gasteiger partial charge in [-0.1, -0.05) is 48.5 Å². The number of amides is 1. The molecule has 1 amide bonds. The lowest BCUT2D eigenvalue weighted by Gasteiger charge is -2.10. The largest absolute Gasteiger partial charge is 0.476 e. The van der Waals surface area contributed by atoms with Crippen LogP contribution >= 0.6 is 0 Å². The summed E-state index contributed by atoms with van der Waals surface area (Å²) >= 11 is 0. The minimum Gasteiger partial charge on any atom is -0.476 e. The minimum absolute atomic E-state index is 0.0878. The van der Waals surface area contributed by atoms with Gasteiger partial charge < -0.3 is 10.4 Å². The molecule has 0 aliphatic carbocycles. The first-order valence-electron chi connectivity index (χ1n) is 9.21. The molecule has 0 radical (unpaired) electrons. The van der Waals surface area contributed by atoms with Gasteiger partial charge in [0.1, 0.15) is 0 Å². The molecule has 2 N–H and O–H groups in total. The topological polar surface area (TPSA) is 101 Å². The third-order valence-corrected chi connectivity index (χ3v) is 4.65. The van der Waals surface area contributed by atoms with E-state index in [0.29, 0.717) is 27.6 Å². The van der Waals surface area contributed by atoms with E-state index in [9.17, 15) is 19.5 Å². The number of carboxylic acid groups (broad SMARTS) is 1. The number of anilines is 1. The van der Waals surface area contributed by atoms with Crippen molar-refractivity contribution in [2.45, 2.75) is 6.54 Å². The Morgan fingerprint density at radius 1 is 0.867 bits per heavy atom. The monoisotopic (exact) mass is 399 g/mol. The zero-order valence-corrected chi connectivity index (χ0v) is 15.8. The molecular weight excluding hydrogens is 382 g/mol. The number of carbonyl (C=O) groups excluding carboxylic acids is 1. The van der Waals surface area contributed by atoms with E-state index in [1.54, 1.807) is 60.7 Å². The van der Waals surface area contributed by atoms with E-state index in [2.05, 4.69) is 10.4 Å². The van der Waals surface area contributed by atoms with Crippen LogP contribution in [0.4, 0.5) is 5.69 Å². The number of nitrogens with zero attached hydrogens (tertiary/aromatic N) is 2. The Kier molecular flexibility index (Phi) is 5.09. The first kappa shape index (κ1) is 19.1. The Hall–Kier alpha value is -4.26. The van der Waals surface area contributed by atoms with Crippen LogP contribution in [0.1, 0.15) is 26.4 Å². The molecule has 0 saturated heterocycles. The molecule has 30 heavy (non-hydrogen) atoms. The Morgan fingerprint density at radius 2 is 1.50 bits per heavy atom. The highest BCUT2D eigenvalue weighted by atomic mass is 16.4. The van der Waals surface area contributed by atoms with Crippen LogP contribution in [0, 0.1) is 0 Å². The highest BCUT2D eigenvalue weighted by Gasteiger charge is 2.16. The Morgan fingerprint density at radius 3 is 2.17 bits per heavy atom. The van der Waals surface area contributed by atoms with Crippen LogP contribution in [0.2, 0.25) is 0 Å². The molecule has 7 heteroatoms. The van der Waals surface area contributed by atoms with Gasteiger partial charge in [-0.15, -0.1) is 0 Å². The van der Waals surface area contributed by atoms with Gasteiger partial charge in [0.15, 0.2) is 5.69 Å². The van der Waals surface area contributed by atoms with Gasteiger partial charge in [0, 0.05) is 16.6 Å². The second-order valence-corrected chi connectivity index (χ2v) is 6.68.